The summed E-state index contributed by atoms with van der Waals surface area (Å²) < 4.78 is 5.25. The molecular weight excluding hydrogens is 214 g/mol. The number of nitrogens with one attached hydrogen (secondary N) is 1. The summed E-state index contributed by atoms with van der Waals surface area (Å²) in [7, 11) is 1.64. The zero-order chi connectivity index (χ0) is 12.1. The van der Waals surface area contributed by atoms with Gasteiger partial charge in [-0.15, -0.1) is 0 Å². The van der Waals surface area contributed by atoms with Crippen molar-refractivity contribution in [3.63, 3.8) is 0 Å². The molecule has 0 amide bonds. The molecular formula is C14H19NO2. The molecule has 0 saturated carbocycles. The van der Waals surface area contributed by atoms with Crippen molar-refractivity contribution in [1.82, 2.24) is 5.32 Å². The highest BCUT2D eigenvalue weighted by atomic mass is 16.5. The van der Waals surface area contributed by atoms with E-state index in [1.165, 1.54) is 6.42 Å². The average Bonchev–Trinajstić information content (AvgIpc) is 2.82. The number of rotatable bonds is 5. The number of para-hydroxylation sites is 1. The molecule has 1 aromatic carbocycles. The van der Waals surface area contributed by atoms with Crippen LogP contribution in [0.3, 0.4) is 0 Å². The first-order chi connectivity index (χ1) is 8.29. The monoisotopic (exact) mass is 233 g/mol. The molecule has 1 aromatic rings. The van der Waals surface area contributed by atoms with Gasteiger partial charge in [0, 0.05) is 24.4 Å². The Labute approximate surface area is 102 Å². The number of methoxy groups -OCH3 is 1. The SMILES string of the molecule is COc1ccccc1CC(=O)CC1CCCN1. The van der Waals surface area contributed by atoms with Gasteiger partial charge in [-0.2, -0.15) is 0 Å². The van der Waals surface area contributed by atoms with Gasteiger partial charge in [-0.3, -0.25) is 4.79 Å². The molecule has 1 saturated heterocycles. The Balaban J connectivity index is 1.92. The van der Waals surface area contributed by atoms with Gasteiger partial charge in [-0.05, 0) is 25.5 Å². The fourth-order valence-electron chi connectivity index (χ4n) is 2.34. The van der Waals surface area contributed by atoms with E-state index in [9.17, 15) is 4.79 Å². The molecule has 0 bridgehead atoms. The van der Waals surface area contributed by atoms with Crippen LogP contribution in [0.25, 0.3) is 0 Å². The van der Waals surface area contributed by atoms with E-state index in [0.717, 1.165) is 24.3 Å². The average molecular weight is 233 g/mol. The van der Waals surface area contributed by atoms with Crippen molar-refractivity contribution in [3.05, 3.63) is 29.8 Å². The Hall–Kier alpha value is -1.35. The molecule has 0 aliphatic carbocycles. The van der Waals surface area contributed by atoms with Crippen LogP contribution in [0.1, 0.15) is 24.8 Å². The molecule has 0 spiro atoms. The molecule has 3 heteroatoms. The Morgan fingerprint density at radius 1 is 1.47 bits per heavy atom. The third-order valence-corrected chi connectivity index (χ3v) is 3.22. The molecule has 1 fully saturated rings. The van der Waals surface area contributed by atoms with E-state index in [1.807, 2.05) is 24.3 Å². The summed E-state index contributed by atoms with van der Waals surface area (Å²) in [6.07, 6.45) is 3.42. The van der Waals surface area contributed by atoms with Gasteiger partial charge in [-0.25, -0.2) is 0 Å². The number of benzene rings is 1. The molecule has 92 valence electrons. The van der Waals surface area contributed by atoms with Crippen molar-refractivity contribution < 1.29 is 9.53 Å². The van der Waals surface area contributed by atoms with E-state index in [0.29, 0.717) is 18.9 Å². The van der Waals surface area contributed by atoms with Gasteiger partial charge in [-0.1, -0.05) is 18.2 Å². The molecule has 1 heterocycles. The van der Waals surface area contributed by atoms with Gasteiger partial charge in [0.25, 0.3) is 0 Å². The van der Waals surface area contributed by atoms with E-state index in [2.05, 4.69) is 5.32 Å². The van der Waals surface area contributed by atoms with Crippen LogP contribution in [0, 0.1) is 0 Å². The van der Waals surface area contributed by atoms with E-state index >= 15 is 0 Å². The second-order valence-corrected chi connectivity index (χ2v) is 4.52. The smallest absolute Gasteiger partial charge is 0.138 e. The molecule has 0 aromatic heterocycles. The molecule has 2 rings (SSSR count). The van der Waals surface area contributed by atoms with Crippen LogP contribution < -0.4 is 10.1 Å². The largest absolute Gasteiger partial charge is 0.496 e. The fraction of sp³-hybridized carbons (Fsp3) is 0.500. The van der Waals surface area contributed by atoms with Crippen LogP contribution in [0.5, 0.6) is 5.75 Å². The quantitative estimate of drug-likeness (QED) is 0.844. The second kappa shape index (κ2) is 5.82. The van der Waals surface area contributed by atoms with Gasteiger partial charge in [0.05, 0.1) is 7.11 Å². The van der Waals surface area contributed by atoms with E-state index in [1.54, 1.807) is 7.11 Å². The Kier molecular flexibility index (Phi) is 4.15. The topological polar surface area (TPSA) is 38.3 Å². The normalized spacial score (nSPS) is 19.2. The summed E-state index contributed by atoms with van der Waals surface area (Å²) in [5, 5.41) is 3.35. The predicted molar refractivity (Wildman–Crippen MR) is 67.3 cm³/mol. The summed E-state index contributed by atoms with van der Waals surface area (Å²) >= 11 is 0. The third-order valence-electron chi connectivity index (χ3n) is 3.22. The molecule has 1 aliphatic rings. The summed E-state index contributed by atoms with van der Waals surface area (Å²) in [4.78, 5) is 11.9. The number of ether oxygens (including phenoxy) is 1. The molecule has 17 heavy (non-hydrogen) atoms. The lowest BCUT2D eigenvalue weighted by Gasteiger charge is -2.10. The highest BCUT2D eigenvalue weighted by Gasteiger charge is 2.18. The van der Waals surface area contributed by atoms with Crippen molar-refractivity contribution in [2.45, 2.75) is 31.7 Å². The number of hydrogen-bond acceptors (Lipinski definition) is 3. The van der Waals surface area contributed by atoms with Crippen molar-refractivity contribution in [3.8, 4) is 5.75 Å². The highest BCUT2D eigenvalue weighted by molar-refractivity contribution is 5.82. The van der Waals surface area contributed by atoms with Crippen LogP contribution in [-0.4, -0.2) is 25.5 Å². The second-order valence-electron chi connectivity index (χ2n) is 4.52. The van der Waals surface area contributed by atoms with Crippen LogP contribution in [0.4, 0.5) is 0 Å². The fourth-order valence-corrected chi connectivity index (χ4v) is 2.34. The summed E-state index contributed by atoms with van der Waals surface area (Å²) in [6.45, 7) is 1.05. The van der Waals surface area contributed by atoms with Crippen molar-refractivity contribution in [1.29, 1.82) is 0 Å². The number of Topliss-reactive ketones (excluding diaryl/α,β-unsaturated/α-hetero) is 1. The standard InChI is InChI=1S/C14H19NO2/c1-17-14-7-3-2-5-11(14)9-13(16)10-12-6-4-8-15-12/h2-3,5,7,12,15H,4,6,8-10H2,1H3. The van der Waals surface area contributed by atoms with Crippen LogP contribution in [0.15, 0.2) is 24.3 Å². The molecule has 1 unspecified atom stereocenters. The van der Waals surface area contributed by atoms with Gasteiger partial charge < -0.3 is 10.1 Å². The maximum absolute atomic E-state index is 11.9. The zero-order valence-corrected chi connectivity index (χ0v) is 10.2. The van der Waals surface area contributed by atoms with Gasteiger partial charge in [0.2, 0.25) is 0 Å². The lowest BCUT2D eigenvalue weighted by Crippen LogP contribution is -2.25. The number of carbonyl (C=O) groups excluding carboxylic acids is 1. The number of ketones is 1. The first kappa shape index (κ1) is 12.1. The highest BCUT2D eigenvalue weighted by Crippen LogP contribution is 2.19. The lowest BCUT2D eigenvalue weighted by atomic mass is 10.0. The van der Waals surface area contributed by atoms with Crippen molar-refractivity contribution >= 4 is 5.78 Å². The third kappa shape index (κ3) is 3.30. The summed E-state index contributed by atoms with van der Waals surface area (Å²) in [5.74, 6) is 1.09. The maximum Gasteiger partial charge on any atom is 0.138 e. The molecule has 0 radical (unpaired) electrons. The molecule has 1 atom stereocenters. The zero-order valence-electron chi connectivity index (χ0n) is 10.2. The summed E-state index contributed by atoms with van der Waals surface area (Å²) in [6, 6.07) is 8.11. The van der Waals surface area contributed by atoms with E-state index in [-0.39, 0.29) is 5.78 Å². The Bertz CT molecular complexity index is 384. The van der Waals surface area contributed by atoms with Crippen molar-refractivity contribution in [2.75, 3.05) is 13.7 Å². The minimum absolute atomic E-state index is 0.286. The van der Waals surface area contributed by atoms with Gasteiger partial charge in [0.1, 0.15) is 11.5 Å². The maximum atomic E-state index is 11.9. The molecule has 1 N–H and O–H groups in total. The predicted octanol–water partition coefficient (Wildman–Crippen LogP) is 1.95. The molecule has 1 aliphatic heterocycles. The van der Waals surface area contributed by atoms with Crippen LogP contribution >= 0.6 is 0 Å². The van der Waals surface area contributed by atoms with Gasteiger partial charge in [0.15, 0.2) is 0 Å². The lowest BCUT2D eigenvalue weighted by molar-refractivity contribution is -0.118. The van der Waals surface area contributed by atoms with E-state index < -0.39 is 0 Å². The van der Waals surface area contributed by atoms with E-state index in [4.69, 9.17) is 4.74 Å². The first-order valence-electron chi connectivity index (χ1n) is 6.16. The van der Waals surface area contributed by atoms with Crippen LogP contribution in [-0.2, 0) is 11.2 Å². The van der Waals surface area contributed by atoms with Crippen molar-refractivity contribution in [2.24, 2.45) is 0 Å². The number of hydrogen-bond donors (Lipinski definition) is 1. The summed E-state index contributed by atoms with van der Waals surface area (Å²) in [5.41, 5.74) is 0.984. The van der Waals surface area contributed by atoms with Crippen LogP contribution in [0.2, 0.25) is 0 Å². The first-order valence-corrected chi connectivity index (χ1v) is 6.16. The molecule has 3 nitrogen and oxygen atoms in total. The number of carbonyl (C=O) groups is 1. The minimum Gasteiger partial charge on any atom is -0.496 e. The minimum atomic E-state index is 0.286. The Morgan fingerprint density at radius 3 is 3.00 bits per heavy atom. The Morgan fingerprint density at radius 2 is 2.29 bits per heavy atom. The van der Waals surface area contributed by atoms with Gasteiger partial charge >= 0.3 is 0 Å².